The maximum atomic E-state index is 5.98. The van der Waals surface area contributed by atoms with Crippen LogP contribution in [-0.2, 0) is 13.0 Å². The Balaban J connectivity index is 1.91. The van der Waals surface area contributed by atoms with Crippen molar-refractivity contribution < 1.29 is 9.47 Å². The lowest BCUT2D eigenvalue weighted by Crippen LogP contribution is -2.24. The second kappa shape index (κ2) is 4.80. The third-order valence-corrected chi connectivity index (χ3v) is 3.29. The van der Waals surface area contributed by atoms with E-state index in [1.807, 2.05) is 18.2 Å². The van der Waals surface area contributed by atoms with Crippen LogP contribution in [0.5, 0.6) is 17.2 Å². The van der Waals surface area contributed by atoms with E-state index >= 15 is 0 Å². The molecule has 1 aromatic heterocycles. The van der Waals surface area contributed by atoms with Crippen molar-refractivity contribution in [2.45, 2.75) is 32.4 Å². The van der Waals surface area contributed by atoms with Crippen LogP contribution in [0.4, 0.5) is 0 Å². The van der Waals surface area contributed by atoms with Crippen LogP contribution in [0.15, 0.2) is 36.7 Å². The second-order valence-corrected chi connectivity index (χ2v) is 5.62. The predicted molar refractivity (Wildman–Crippen MR) is 77.1 cm³/mol. The van der Waals surface area contributed by atoms with Crippen LogP contribution in [0, 0.1) is 0 Å². The minimum atomic E-state index is -0.181. The average Bonchev–Trinajstić information content (AvgIpc) is 2.74. The van der Waals surface area contributed by atoms with E-state index in [1.54, 1.807) is 12.4 Å². The second-order valence-electron chi connectivity index (χ2n) is 5.62. The van der Waals surface area contributed by atoms with Crippen LogP contribution in [0.25, 0.3) is 0 Å². The molecule has 0 amide bonds. The Kier molecular flexibility index (Phi) is 3.10. The first-order valence-corrected chi connectivity index (χ1v) is 6.70. The molecule has 0 bridgehead atoms. The molecular weight excluding hydrogens is 252 g/mol. The summed E-state index contributed by atoms with van der Waals surface area (Å²) >= 11 is 0. The number of hydrogen-bond donors (Lipinski definition) is 1. The molecule has 2 N–H and O–H groups in total. The van der Waals surface area contributed by atoms with Crippen molar-refractivity contribution in [1.29, 1.82) is 0 Å². The van der Waals surface area contributed by atoms with Crippen LogP contribution in [-0.4, -0.2) is 10.6 Å². The number of fused-ring (bicyclic) bond motifs is 1. The highest BCUT2D eigenvalue weighted by atomic mass is 16.5. The largest absolute Gasteiger partial charge is 0.483 e. The quantitative estimate of drug-likeness (QED) is 0.931. The Morgan fingerprint density at radius 1 is 1.35 bits per heavy atom. The molecule has 0 spiro atoms. The molecule has 0 saturated heterocycles. The number of nitrogens with zero attached hydrogens (tertiary/aromatic N) is 1. The van der Waals surface area contributed by atoms with Crippen molar-refractivity contribution in [2.75, 3.05) is 0 Å². The van der Waals surface area contributed by atoms with E-state index in [1.165, 1.54) is 5.56 Å². The summed E-state index contributed by atoms with van der Waals surface area (Å²) in [5.74, 6) is 2.23. The summed E-state index contributed by atoms with van der Waals surface area (Å²) in [7, 11) is 0. The lowest BCUT2D eigenvalue weighted by molar-refractivity contribution is 0.135. The van der Waals surface area contributed by atoms with E-state index in [9.17, 15) is 0 Å². The molecule has 4 nitrogen and oxygen atoms in total. The summed E-state index contributed by atoms with van der Waals surface area (Å²) < 4.78 is 11.9. The van der Waals surface area contributed by atoms with Crippen molar-refractivity contribution in [2.24, 2.45) is 5.73 Å². The molecule has 0 radical (unpaired) electrons. The molecule has 104 valence electrons. The van der Waals surface area contributed by atoms with Gasteiger partial charge in [0, 0.05) is 24.7 Å². The number of rotatable bonds is 3. The first kappa shape index (κ1) is 12.9. The highest BCUT2D eigenvalue weighted by Gasteiger charge is 2.32. The van der Waals surface area contributed by atoms with Gasteiger partial charge in [-0.2, -0.15) is 0 Å². The van der Waals surface area contributed by atoms with Crippen LogP contribution < -0.4 is 15.2 Å². The molecule has 1 aliphatic heterocycles. The van der Waals surface area contributed by atoms with Crippen molar-refractivity contribution in [3.8, 4) is 17.2 Å². The number of para-hydroxylation sites is 1. The summed E-state index contributed by atoms with van der Waals surface area (Å²) in [4.78, 5) is 4.13. The van der Waals surface area contributed by atoms with Gasteiger partial charge < -0.3 is 15.2 Å². The summed E-state index contributed by atoms with van der Waals surface area (Å²) in [6.07, 6.45) is 4.31. The molecule has 0 unspecified atom stereocenters. The molecule has 0 atom stereocenters. The highest BCUT2D eigenvalue weighted by molar-refractivity contribution is 5.51. The SMILES string of the molecule is CC1(C)Cc2cccc(Oc3cncc(CN)c3)c2O1. The van der Waals surface area contributed by atoms with Crippen molar-refractivity contribution >= 4 is 0 Å². The van der Waals surface area contributed by atoms with Gasteiger partial charge in [0.1, 0.15) is 11.4 Å². The van der Waals surface area contributed by atoms with Gasteiger partial charge in [0.05, 0.1) is 6.20 Å². The van der Waals surface area contributed by atoms with E-state index in [0.29, 0.717) is 12.3 Å². The molecule has 0 saturated carbocycles. The molecule has 20 heavy (non-hydrogen) atoms. The smallest absolute Gasteiger partial charge is 0.169 e. The van der Waals surface area contributed by atoms with Gasteiger partial charge in [-0.15, -0.1) is 0 Å². The lowest BCUT2D eigenvalue weighted by Gasteiger charge is -2.18. The fourth-order valence-corrected chi connectivity index (χ4v) is 2.43. The molecular formula is C16H18N2O2. The minimum Gasteiger partial charge on any atom is -0.483 e. The van der Waals surface area contributed by atoms with Crippen LogP contribution in [0.3, 0.4) is 0 Å². The van der Waals surface area contributed by atoms with Crippen LogP contribution >= 0.6 is 0 Å². The zero-order valence-corrected chi connectivity index (χ0v) is 11.7. The van der Waals surface area contributed by atoms with Crippen molar-refractivity contribution in [1.82, 2.24) is 4.98 Å². The first-order chi connectivity index (χ1) is 9.57. The molecule has 2 aromatic rings. The minimum absolute atomic E-state index is 0.181. The van der Waals surface area contributed by atoms with Gasteiger partial charge in [-0.3, -0.25) is 4.98 Å². The number of nitrogens with two attached hydrogens (primary N) is 1. The number of hydrogen-bond acceptors (Lipinski definition) is 4. The summed E-state index contributed by atoms with van der Waals surface area (Å²) in [6, 6.07) is 7.87. The molecule has 3 rings (SSSR count). The summed E-state index contributed by atoms with van der Waals surface area (Å²) in [5.41, 5.74) is 7.55. The van der Waals surface area contributed by atoms with E-state index in [4.69, 9.17) is 15.2 Å². The highest BCUT2D eigenvalue weighted by Crippen LogP contribution is 2.43. The Morgan fingerprint density at radius 3 is 3.00 bits per heavy atom. The van der Waals surface area contributed by atoms with Gasteiger partial charge in [0.15, 0.2) is 11.5 Å². The Hall–Kier alpha value is -2.07. The van der Waals surface area contributed by atoms with Gasteiger partial charge in [0.2, 0.25) is 0 Å². The molecule has 0 aliphatic carbocycles. The van der Waals surface area contributed by atoms with Crippen molar-refractivity contribution in [3.05, 3.63) is 47.8 Å². The predicted octanol–water partition coefficient (Wildman–Crippen LogP) is 3.05. The molecule has 1 aromatic carbocycles. The third kappa shape index (κ3) is 2.47. The average molecular weight is 270 g/mol. The third-order valence-electron chi connectivity index (χ3n) is 3.29. The van der Waals surface area contributed by atoms with Crippen LogP contribution in [0.1, 0.15) is 25.0 Å². The Labute approximate surface area is 118 Å². The van der Waals surface area contributed by atoms with E-state index in [0.717, 1.165) is 23.5 Å². The number of ether oxygens (including phenoxy) is 2. The first-order valence-electron chi connectivity index (χ1n) is 6.70. The number of benzene rings is 1. The fourth-order valence-electron chi connectivity index (χ4n) is 2.43. The normalized spacial score (nSPS) is 15.6. The summed E-state index contributed by atoms with van der Waals surface area (Å²) in [5, 5.41) is 0. The molecule has 2 heterocycles. The van der Waals surface area contributed by atoms with Gasteiger partial charge in [-0.25, -0.2) is 0 Å². The molecule has 0 fully saturated rings. The zero-order chi connectivity index (χ0) is 14.2. The lowest BCUT2D eigenvalue weighted by atomic mass is 10.0. The van der Waals surface area contributed by atoms with Gasteiger partial charge in [-0.05, 0) is 31.5 Å². The van der Waals surface area contributed by atoms with Gasteiger partial charge in [0.25, 0.3) is 0 Å². The maximum absolute atomic E-state index is 5.98. The maximum Gasteiger partial charge on any atom is 0.169 e. The number of pyridine rings is 1. The molecule has 4 heteroatoms. The topological polar surface area (TPSA) is 57.4 Å². The van der Waals surface area contributed by atoms with Gasteiger partial charge >= 0.3 is 0 Å². The summed E-state index contributed by atoms with van der Waals surface area (Å²) in [6.45, 7) is 4.60. The van der Waals surface area contributed by atoms with Gasteiger partial charge in [-0.1, -0.05) is 12.1 Å². The van der Waals surface area contributed by atoms with Crippen LogP contribution in [0.2, 0.25) is 0 Å². The van der Waals surface area contributed by atoms with E-state index < -0.39 is 0 Å². The zero-order valence-electron chi connectivity index (χ0n) is 11.7. The monoisotopic (exact) mass is 270 g/mol. The Morgan fingerprint density at radius 2 is 2.20 bits per heavy atom. The molecule has 1 aliphatic rings. The van der Waals surface area contributed by atoms with Crippen molar-refractivity contribution in [3.63, 3.8) is 0 Å². The Bertz CT molecular complexity index is 638. The fraction of sp³-hybridized carbons (Fsp3) is 0.312. The standard InChI is InChI=1S/C16H18N2O2/c1-16(2)7-12-4-3-5-14(15(12)20-16)19-13-6-11(8-17)9-18-10-13/h3-6,9-10H,7-8,17H2,1-2H3. The van der Waals surface area contributed by atoms with E-state index in [-0.39, 0.29) is 5.60 Å². The number of aromatic nitrogens is 1. The van der Waals surface area contributed by atoms with E-state index in [2.05, 4.69) is 24.9 Å².